The fraction of sp³-hybridized carbons (Fsp3) is 0.932. The van der Waals surface area contributed by atoms with E-state index in [0.717, 1.165) is 18.6 Å². The van der Waals surface area contributed by atoms with Gasteiger partial charge in [0.2, 0.25) is 0 Å². The van der Waals surface area contributed by atoms with E-state index in [0.29, 0.717) is 6.42 Å². The van der Waals surface area contributed by atoms with Gasteiger partial charge in [-0.05, 0) is 31.3 Å². The Hall–Kier alpha value is -0.790. The molecule has 0 atom stereocenters. The largest absolute Gasteiger partial charge is 0.430 e. The molecule has 1 aliphatic rings. The number of hydrogen-bond acceptors (Lipinski definition) is 2. The molecule has 1 aliphatic heterocycles. The normalized spacial score (nSPS) is 14.1. The van der Waals surface area contributed by atoms with Gasteiger partial charge in [-0.2, -0.15) is 0 Å². The van der Waals surface area contributed by atoms with Crippen LogP contribution in [0.15, 0.2) is 11.3 Å². The summed E-state index contributed by atoms with van der Waals surface area (Å²) in [5.41, 5.74) is 1.47. The van der Waals surface area contributed by atoms with E-state index in [1.807, 2.05) is 0 Å². The second-order valence-corrected chi connectivity index (χ2v) is 15.2. The lowest BCUT2D eigenvalue weighted by Gasteiger charge is -2.21. The van der Waals surface area contributed by atoms with Crippen molar-refractivity contribution in [2.24, 2.45) is 0 Å². The van der Waals surface area contributed by atoms with Gasteiger partial charge in [0.15, 0.2) is 0 Å². The number of allylic oxidation sites excluding steroid dienone is 1. The monoisotopic (exact) mass is 645 g/mol. The maximum Gasteiger partial charge on any atom is 0.318 e. The molecule has 1 saturated heterocycles. The summed E-state index contributed by atoms with van der Waals surface area (Å²) in [4.78, 5) is 11.4. The van der Waals surface area contributed by atoms with Crippen molar-refractivity contribution in [2.75, 3.05) is 0 Å². The van der Waals surface area contributed by atoms with Crippen LogP contribution in [0.1, 0.15) is 264 Å². The molecule has 0 radical (unpaired) electrons. The lowest BCUT2D eigenvalue weighted by molar-refractivity contribution is -0.148. The van der Waals surface area contributed by atoms with Crippen molar-refractivity contribution >= 4 is 5.97 Å². The van der Waals surface area contributed by atoms with Crippen LogP contribution >= 0.6 is 0 Å². The van der Waals surface area contributed by atoms with Gasteiger partial charge < -0.3 is 4.74 Å². The first-order valence-electron chi connectivity index (χ1n) is 21.7. The number of hydrogen-bond donors (Lipinski definition) is 0. The van der Waals surface area contributed by atoms with Gasteiger partial charge in [0.05, 0.1) is 0 Å². The molecule has 46 heavy (non-hydrogen) atoms. The molecular weight excluding hydrogens is 560 g/mol. The Morgan fingerprint density at radius 3 is 0.761 bits per heavy atom. The van der Waals surface area contributed by atoms with E-state index in [1.165, 1.54) is 237 Å². The SMILES string of the molecule is CCCCCCCCCCCCCCCCCCCCCCC(CCCCCCCCCCCCCCCCCC)=C1CC(=O)O1. The van der Waals surface area contributed by atoms with Crippen LogP contribution in [-0.4, -0.2) is 5.97 Å². The van der Waals surface area contributed by atoms with Crippen molar-refractivity contribution in [2.45, 2.75) is 264 Å². The maximum atomic E-state index is 11.4. The molecular formula is C44H84O2. The lowest BCUT2D eigenvalue weighted by atomic mass is 9.96. The molecule has 0 N–H and O–H groups in total. The molecule has 1 fully saturated rings. The number of rotatable bonds is 38. The van der Waals surface area contributed by atoms with Gasteiger partial charge >= 0.3 is 5.97 Å². The van der Waals surface area contributed by atoms with E-state index in [9.17, 15) is 4.79 Å². The van der Waals surface area contributed by atoms with E-state index in [4.69, 9.17) is 4.74 Å². The number of carbonyl (C=O) groups excluding carboxylic acids is 1. The Balaban J connectivity index is 1.87. The summed E-state index contributed by atoms with van der Waals surface area (Å²) in [6.45, 7) is 4.60. The molecule has 0 aromatic carbocycles. The quantitative estimate of drug-likeness (QED) is 0.0494. The zero-order chi connectivity index (χ0) is 33.0. The highest BCUT2D eigenvalue weighted by Crippen LogP contribution is 2.29. The van der Waals surface area contributed by atoms with Gasteiger partial charge in [0.1, 0.15) is 12.2 Å². The molecule has 272 valence electrons. The van der Waals surface area contributed by atoms with Gasteiger partial charge in [0, 0.05) is 0 Å². The predicted octanol–water partition coefficient (Wildman–Crippen LogP) is 16.1. The zero-order valence-electron chi connectivity index (χ0n) is 31.9. The predicted molar refractivity (Wildman–Crippen MR) is 205 cm³/mol. The highest BCUT2D eigenvalue weighted by atomic mass is 16.6. The third-order valence-electron chi connectivity index (χ3n) is 10.6. The minimum atomic E-state index is -0.0250. The summed E-state index contributed by atoms with van der Waals surface area (Å²) >= 11 is 0. The van der Waals surface area contributed by atoms with Crippen molar-refractivity contribution in [3.05, 3.63) is 11.3 Å². The Kier molecular flexibility index (Phi) is 33.4. The maximum absolute atomic E-state index is 11.4. The highest BCUT2D eigenvalue weighted by Gasteiger charge is 2.25. The Morgan fingerprint density at radius 2 is 0.565 bits per heavy atom. The first kappa shape index (κ1) is 43.2. The fourth-order valence-electron chi connectivity index (χ4n) is 7.34. The molecule has 1 heterocycles. The van der Waals surface area contributed by atoms with Crippen LogP contribution in [0, 0.1) is 0 Å². The molecule has 2 heteroatoms. The van der Waals surface area contributed by atoms with E-state index >= 15 is 0 Å². The van der Waals surface area contributed by atoms with Gasteiger partial charge in [-0.3, -0.25) is 4.79 Å². The first-order chi connectivity index (χ1) is 22.8. The summed E-state index contributed by atoms with van der Waals surface area (Å²) in [6.07, 6.45) is 54.1. The molecule has 0 aromatic rings. The molecule has 0 bridgehead atoms. The summed E-state index contributed by atoms with van der Waals surface area (Å²) in [6, 6.07) is 0. The minimum Gasteiger partial charge on any atom is -0.430 e. The second-order valence-electron chi connectivity index (χ2n) is 15.2. The van der Waals surface area contributed by atoms with Crippen molar-refractivity contribution in [3.8, 4) is 0 Å². The molecule has 0 amide bonds. The number of esters is 1. The van der Waals surface area contributed by atoms with Gasteiger partial charge in [0.25, 0.3) is 0 Å². The first-order valence-corrected chi connectivity index (χ1v) is 21.7. The molecule has 1 rings (SSSR count). The summed E-state index contributed by atoms with van der Waals surface area (Å²) in [7, 11) is 0. The van der Waals surface area contributed by atoms with Crippen LogP contribution in [0.4, 0.5) is 0 Å². The average Bonchev–Trinajstić information content (AvgIpc) is 3.05. The zero-order valence-corrected chi connectivity index (χ0v) is 31.9. The Morgan fingerprint density at radius 1 is 0.370 bits per heavy atom. The van der Waals surface area contributed by atoms with Gasteiger partial charge in [-0.1, -0.05) is 232 Å². The molecule has 0 spiro atoms. The smallest absolute Gasteiger partial charge is 0.318 e. The molecule has 0 unspecified atom stereocenters. The van der Waals surface area contributed by atoms with Crippen molar-refractivity contribution in [1.82, 2.24) is 0 Å². The van der Waals surface area contributed by atoms with Crippen LogP contribution in [0.3, 0.4) is 0 Å². The van der Waals surface area contributed by atoms with E-state index < -0.39 is 0 Å². The lowest BCUT2D eigenvalue weighted by Crippen LogP contribution is -2.19. The summed E-state index contributed by atoms with van der Waals surface area (Å²) in [5, 5.41) is 0. The van der Waals surface area contributed by atoms with Gasteiger partial charge in [-0.15, -0.1) is 0 Å². The van der Waals surface area contributed by atoms with Crippen LogP contribution in [0.5, 0.6) is 0 Å². The Bertz CT molecular complexity index is 655. The number of carbonyl (C=O) groups is 1. The standard InChI is InChI=1S/C44H84O2/c1-3-5-7-9-11-13-15-17-19-21-22-23-24-26-28-30-32-34-36-38-40-42(43-41-44(45)46-43)39-37-35-33-31-29-27-25-20-18-16-14-12-10-8-6-4-2/h3-41H2,1-2H3. The highest BCUT2D eigenvalue weighted by molar-refractivity contribution is 5.80. The fourth-order valence-corrected chi connectivity index (χ4v) is 7.34. The molecule has 2 nitrogen and oxygen atoms in total. The van der Waals surface area contributed by atoms with E-state index in [-0.39, 0.29) is 5.97 Å². The topological polar surface area (TPSA) is 26.3 Å². The summed E-state index contributed by atoms with van der Waals surface area (Å²) in [5.74, 6) is 1.01. The van der Waals surface area contributed by atoms with E-state index in [2.05, 4.69) is 13.8 Å². The number of unbranched alkanes of at least 4 members (excludes halogenated alkanes) is 34. The van der Waals surface area contributed by atoms with Crippen LogP contribution < -0.4 is 0 Å². The van der Waals surface area contributed by atoms with Crippen LogP contribution in [0.25, 0.3) is 0 Å². The van der Waals surface area contributed by atoms with Gasteiger partial charge in [-0.25, -0.2) is 0 Å². The van der Waals surface area contributed by atoms with Crippen molar-refractivity contribution in [1.29, 1.82) is 0 Å². The molecule has 0 aliphatic carbocycles. The van der Waals surface area contributed by atoms with Crippen LogP contribution in [-0.2, 0) is 9.53 Å². The third kappa shape index (κ3) is 29.4. The van der Waals surface area contributed by atoms with Crippen LogP contribution in [0.2, 0.25) is 0 Å². The number of cyclic esters (lactones) is 1. The third-order valence-corrected chi connectivity index (χ3v) is 10.6. The van der Waals surface area contributed by atoms with Crippen molar-refractivity contribution < 1.29 is 9.53 Å². The molecule has 0 saturated carbocycles. The Labute approximate surface area is 290 Å². The van der Waals surface area contributed by atoms with E-state index in [1.54, 1.807) is 0 Å². The summed E-state index contributed by atoms with van der Waals surface area (Å²) < 4.78 is 5.42. The number of ether oxygens (including phenoxy) is 1. The average molecular weight is 645 g/mol. The second kappa shape index (κ2) is 35.5. The van der Waals surface area contributed by atoms with Crippen molar-refractivity contribution in [3.63, 3.8) is 0 Å². The molecule has 0 aromatic heterocycles. The minimum absolute atomic E-state index is 0.0250.